The van der Waals surface area contributed by atoms with Gasteiger partial charge in [0.2, 0.25) is 5.91 Å². The van der Waals surface area contributed by atoms with E-state index in [1.807, 2.05) is 25.3 Å². The minimum Gasteiger partial charge on any atom is -0.354 e. The smallest absolute Gasteiger partial charge is 0.242 e. The topological polar surface area (TPSA) is 58.1 Å². The highest BCUT2D eigenvalue weighted by Gasteiger charge is 2.29. The van der Waals surface area contributed by atoms with Gasteiger partial charge in [-0.05, 0) is 57.8 Å². The predicted octanol–water partition coefficient (Wildman–Crippen LogP) is 3.04. The number of aromatic nitrogens is 2. The third-order valence-electron chi connectivity index (χ3n) is 4.69. The third-order valence-corrected chi connectivity index (χ3v) is 5.83. The number of carbonyl (C=O) groups is 1. The summed E-state index contributed by atoms with van der Waals surface area (Å²) >= 11 is 1.76. The third kappa shape index (κ3) is 4.64. The lowest BCUT2D eigenvalue weighted by molar-refractivity contribution is -0.126. The lowest BCUT2D eigenvalue weighted by atomic mass is 10.1. The summed E-state index contributed by atoms with van der Waals surface area (Å²) in [6, 6.07) is 3.68. The van der Waals surface area contributed by atoms with Crippen LogP contribution < -0.4 is 5.32 Å². The molecule has 0 aromatic carbocycles. The van der Waals surface area contributed by atoms with E-state index >= 15 is 0 Å². The average molecular weight is 359 g/mol. The van der Waals surface area contributed by atoms with Crippen LogP contribution in [-0.2, 0) is 11.2 Å². The quantitative estimate of drug-likeness (QED) is 0.773. The van der Waals surface area contributed by atoms with Gasteiger partial charge < -0.3 is 5.32 Å². The Morgan fingerprint density at radius 2 is 2.16 bits per heavy atom. The molecular weight excluding hydrogens is 332 g/mol. The minimum atomic E-state index is -0.222. The molecule has 0 aliphatic carbocycles. The molecule has 134 valence electrons. The Morgan fingerprint density at radius 3 is 2.80 bits per heavy atom. The van der Waals surface area contributed by atoms with Crippen molar-refractivity contribution in [3.63, 3.8) is 0 Å². The van der Waals surface area contributed by atoms with Gasteiger partial charge in [0.05, 0.1) is 10.7 Å². The van der Waals surface area contributed by atoms with Crippen molar-refractivity contribution in [2.45, 2.75) is 45.6 Å². The van der Waals surface area contributed by atoms with Crippen molar-refractivity contribution in [3.05, 3.63) is 45.7 Å². The van der Waals surface area contributed by atoms with E-state index in [0.29, 0.717) is 6.54 Å². The number of carbonyl (C=O) groups excluding carboxylic acids is 1. The van der Waals surface area contributed by atoms with E-state index in [2.05, 4.69) is 27.1 Å². The van der Waals surface area contributed by atoms with E-state index in [1.54, 1.807) is 17.5 Å². The number of nitrogens with one attached hydrogen (secondary N) is 1. The molecule has 5 nitrogen and oxygen atoms in total. The van der Waals surface area contributed by atoms with Crippen molar-refractivity contribution in [2.24, 2.45) is 0 Å². The fourth-order valence-electron chi connectivity index (χ4n) is 3.26. The lowest BCUT2D eigenvalue weighted by Gasteiger charge is -2.26. The molecule has 2 aromatic rings. The summed E-state index contributed by atoms with van der Waals surface area (Å²) in [7, 11) is 0. The molecule has 3 heterocycles. The molecule has 3 rings (SSSR count). The number of aryl methyl sites for hydroxylation is 3. The first-order valence-electron chi connectivity index (χ1n) is 9.00. The summed E-state index contributed by atoms with van der Waals surface area (Å²) in [5, 5.41) is 4.28. The zero-order valence-corrected chi connectivity index (χ0v) is 15.8. The molecule has 1 amide bonds. The Morgan fingerprint density at radius 1 is 1.36 bits per heavy atom. The zero-order chi connectivity index (χ0) is 17.6. The highest BCUT2D eigenvalue weighted by Crippen LogP contribution is 2.25. The van der Waals surface area contributed by atoms with Crippen molar-refractivity contribution in [1.29, 1.82) is 0 Å². The molecule has 0 bridgehead atoms. The summed E-state index contributed by atoms with van der Waals surface area (Å²) in [5.74, 6) is 0.0846. The highest BCUT2D eigenvalue weighted by atomic mass is 32.1. The number of likely N-dealkylation sites (tertiary alicyclic amines) is 1. The normalized spacial score (nSPS) is 16.1. The van der Waals surface area contributed by atoms with Crippen LogP contribution in [0.2, 0.25) is 0 Å². The molecule has 25 heavy (non-hydrogen) atoms. The van der Waals surface area contributed by atoms with Gasteiger partial charge in [-0.25, -0.2) is 4.98 Å². The maximum absolute atomic E-state index is 12.8. The SMILES string of the molecule is Cc1nc(CCCNC(=O)C(c2cccnc2)N2CCCC2)sc1C. The fourth-order valence-corrected chi connectivity index (χ4v) is 4.24. The van der Waals surface area contributed by atoms with Crippen molar-refractivity contribution in [1.82, 2.24) is 20.2 Å². The molecule has 0 spiro atoms. The zero-order valence-electron chi connectivity index (χ0n) is 15.0. The van der Waals surface area contributed by atoms with Crippen LogP contribution in [0, 0.1) is 13.8 Å². The molecule has 1 aliphatic rings. The van der Waals surface area contributed by atoms with Crippen LogP contribution in [0.15, 0.2) is 24.5 Å². The van der Waals surface area contributed by atoms with Gasteiger partial charge in [-0.1, -0.05) is 6.07 Å². The van der Waals surface area contributed by atoms with Gasteiger partial charge in [0.15, 0.2) is 0 Å². The number of thiazole rings is 1. The highest BCUT2D eigenvalue weighted by molar-refractivity contribution is 7.11. The first kappa shape index (κ1) is 18.0. The maximum Gasteiger partial charge on any atom is 0.242 e. The summed E-state index contributed by atoms with van der Waals surface area (Å²) in [6.07, 6.45) is 7.71. The number of amides is 1. The molecule has 1 N–H and O–H groups in total. The van der Waals surface area contributed by atoms with Gasteiger partial charge >= 0.3 is 0 Å². The molecule has 6 heteroatoms. The summed E-state index contributed by atoms with van der Waals surface area (Å²) in [6.45, 7) is 6.79. The van der Waals surface area contributed by atoms with Gasteiger partial charge in [0.1, 0.15) is 6.04 Å². The molecule has 0 saturated carbocycles. The van der Waals surface area contributed by atoms with E-state index in [0.717, 1.165) is 55.0 Å². The molecular formula is C19H26N4OS. The van der Waals surface area contributed by atoms with E-state index in [1.165, 1.54) is 4.88 Å². The van der Waals surface area contributed by atoms with Crippen molar-refractivity contribution < 1.29 is 4.79 Å². The minimum absolute atomic E-state index is 0.0846. The molecule has 1 aliphatic heterocycles. The number of hydrogen-bond acceptors (Lipinski definition) is 5. The first-order valence-corrected chi connectivity index (χ1v) is 9.81. The van der Waals surface area contributed by atoms with Gasteiger partial charge in [-0.3, -0.25) is 14.7 Å². The average Bonchev–Trinajstić information content (AvgIpc) is 3.24. The Kier molecular flexibility index (Phi) is 6.15. The number of hydrogen-bond donors (Lipinski definition) is 1. The molecule has 1 fully saturated rings. The van der Waals surface area contributed by atoms with Crippen molar-refractivity contribution in [3.8, 4) is 0 Å². The number of rotatable bonds is 7. The first-order chi connectivity index (χ1) is 12.1. The standard InChI is InChI=1S/C19H26N4OS/c1-14-15(2)25-17(22-14)8-6-10-21-19(24)18(23-11-3-4-12-23)16-7-5-9-20-13-16/h5,7,9,13,18H,3-4,6,8,10-12H2,1-2H3,(H,21,24). The summed E-state index contributed by atoms with van der Waals surface area (Å²) in [5.41, 5.74) is 2.10. The summed E-state index contributed by atoms with van der Waals surface area (Å²) < 4.78 is 0. The van der Waals surface area contributed by atoms with Crippen LogP contribution >= 0.6 is 11.3 Å². The largest absolute Gasteiger partial charge is 0.354 e. The molecule has 0 radical (unpaired) electrons. The van der Waals surface area contributed by atoms with Crippen LogP contribution in [0.5, 0.6) is 0 Å². The van der Waals surface area contributed by atoms with Crippen LogP contribution in [-0.4, -0.2) is 40.4 Å². The van der Waals surface area contributed by atoms with Gasteiger partial charge in [-0.2, -0.15) is 0 Å². The van der Waals surface area contributed by atoms with E-state index in [4.69, 9.17) is 0 Å². The Labute approximate surface area is 153 Å². The van der Waals surface area contributed by atoms with Gasteiger partial charge in [0.25, 0.3) is 0 Å². The van der Waals surface area contributed by atoms with Crippen molar-refractivity contribution in [2.75, 3.05) is 19.6 Å². The molecule has 1 atom stereocenters. The van der Waals surface area contributed by atoms with Crippen molar-refractivity contribution >= 4 is 17.2 Å². The van der Waals surface area contributed by atoms with Crippen LogP contribution in [0.25, 0.3) is 0 Å². The summed E-state index contributed by atoms with van der Waals surface area (Å²) in [4.78, 5) is 25.1. The molecule has 1 saturated heterocycles. The van der Waals surface area contributed by atoms with Crippen LogP contribution in [0.4, 0.5) is 0 Å². The number of pyridine rings is 1. The molecule has 2 aromatic heterocycles. The molecule has 1 unspecified atom stereocenters. The monoisotopic (exact) mass is 358 g/mol. The Hall–Kier alpha value is -1.79. The fraction of sp³-hybridized carbons (Fsp3) is 0.526. The van der Waals surface area contributed by atoms with E-state index in [-0.39, 0.29) is 11.9 Å². The Balaban J connectivity index is 1.55. The second-order valence-corrected chi connectivity index (χ2v) is 7.86. The van der Waals surface area contributed by atoms with E-state index in [9.17, 15) is 4.79 Å². The Bertz CT molecular complexity index is 675. The van der Waals surface area contributed by atoms with E-state index < -0.39 is 0 Å². The predicted molar refractivity (Wildman–Crippen MR) is 101 cm³/mol. The maximum atomic E-state index is 12.8. The number of nitrogens with zero attached hydrogens (tertiary/aromatic N) is 3. The second-order valence-electron chi connectivity index (χ2n) is 6.58. The van der Waals surface area contributed by atoms with Crippen LogP contribution in [0.1, 0.15) is 46.4 Å². The van der Waals surface area contributed by atoms with Crippen LogP contribution in [0.3, 0.4) is 0 Å². The van der Waals surface area contributed by atoms with Gasteiger partial charge in [-0.15, -0.1) is 11.3 Å². The lowest BCUT2D eigenvalue weighted by Crippen LogP contribution is -2.39. The van der Waals surface area contributed by atoms with Gasteiger partial charge in [0, 0.05) is 30.2 Å². The second kappa shape index (κ2) is 8.54.